The largest absolute Gasteiger partial charge is 0.358 e. The van der Waals surface area contributed by atoms with Gasteiger partial charge in [0.1, 0.15) is 0 Å². The zero-order chi connectivity index (χ0) is 16.6. The Morgan fingerprint density at radius 2 is 1.83 bits per heavy atom. The highest BCUT2D eigenvalue weighted by Crippen LogP contribution is 2.23. The highest BCUT2D eigenvalue weighted by atomic mass is 35.5. The fourth-order valence-electron chi connectivity index (χ4n) is 2.75. The molecule has 3 rings (SSSR count). The van der Waals surface area contributed by atoms with E-state index in [-0.39, 0.29) is 5.91 Å². The summed E-state index contributed by atoms with van der Waals surface area (Å²) in [5, 5.41) is 1.81. The van der Waals surface area contributed by atoms with Gasteiger partial charge in [0.2, 0.25) is 0 Å². The summed E-state index contributed by atoms with van der Waals surface area (Å²) in [5.41, 5.74) is 5.15. The van der Waals surface area contributed by atoms with E-state index in [1.807, 2.05) is 56.4 Å². The first kappa shape index (κ1) is 15.6. The van der Waals surface area contributed by atoms with Crippen molar-refractivity contribution < 1.29 is 4.79 Å². The molecule has 1 amide bonds. The van der Waals surface area contributed by atoms with Gasteiger partial charge >= 0.3 is 0 Å². The van der Waals surface area contributed by atoms with E-state index in [1.165, 1.54) is 5.56 Å². The quantitative estimate of drug-likeness (QED) is 0.743. The highest BCUT2D eigenvalue weighted by Gasteiger charge is 2.14. The highest BCUT2D eigenvalue weighted by molar-refractivity contribution is 6.30. The number of aryl methyl sites for hydroxylation is 2. The van der Waals surface area contributed by atoms with E-state index in [9.17, 15) is 4.79 Å². The zero-order valence-electron chi connectivity index (χ0n) is 13.5. The van der Waals surface area contributed by atoms with Crippen molar-refractivity contribution in [1.29, 1.82) is 0 Å². The van der Waals surface area contributed by atoms with Crippen LogP contribution in [0.25, 0.3) is 10.9 Å². The number of carbonyl (C=O) groups excluding carboxylic acids is 1. The summed E-state index contributed by atoms with van der Waals surface area (Å²) in [6, 6.07) is 13.4. The number of amides is 1. The Balaban J connectivity index is 1.84. The van der Waals surface area contributed by atoms with Crippen LogP contribution in [0, 0.1) is 13.8 Å². The van der Waals surface area contributed by atoms with Gasteiger partial charge in [-0.3, -0.25) is 4.79 Å². The molecule has 3 aromatic rings. The normalized spacial score (nSPS) is 11.0. The third-order valence-electron chi connectivity index (χ3n) is 4.23. The maximum Gasteiger partial charge on any atom is 0.253 e. The molecule has 0 spiro atoms. The Labute approximate surface area is 140 Å². The van der Waals surface area contributed by atoms with Gasteiger partial charge < -0.3 is 9.88 Å². The topological polar surface area (TPSA) is 36.1 Å². The molecule has 3 nitrogen and oxygen atoms in total. The second-order valence-corrected chi connectivity index (χ2v) is 6.36. The molecule has 0 saturated heterocycles. The summed E-state index contributed by atoms with van der Waals surface area (Å²) in [5.74, 6) is 0.0140. The van der Waals surface area contributed by atoms with Crippen LogP contribution in [-0.4, -0.2) is 22.8 Å². The predicted molar refractivity (Wildman–Crippen MR) is 95.0 cm³/mol. The third-order valence-corrected chi connectivity index (χ3v) is 4.49. The molecule has 0 aliphatic heterocycles. The number of nitrogens with one attached hydrogen (secondary N) is 1. The lowest BCUT2D eigenvalue weighted by Crippen LogP contribution is -2.26. The monoisotopic (exact) mass is 326 g/mol. The van der Waals surface area contributed by atoms with Crippen molar-refractivity contribution in [2.45, 2.75) is 20.4 Å². The fourth-order valence-corrected chi connectivity index (χ4v) is 2.88. The zero-order valence-corrected chi connectivity index (χ0v) is 14.2. The average Bonchev–Trinajstić information content (AvgIpc) is 2.83. The molecule has 0 unspecified atom stereocenters. The number of rotatable bonds is 3. The van der Waals surface area contributed by atoms with E-state index < -0.39 is 0 Å². The standard InChI is InChI=1S/C19H19ClN2O/c1-12-13(2)21-18-9-6-15(10-17(12)18)19(23)22(3)11-14-4-7-16(20)8-5-14/h4-10,21H,11H2,1-3H3. The first-order chi connectivity index (χ1) is 11.0. The van der Waals surface area contributed by atoms with Crippen molar-refractivity contribution in [2.24, 2.45) is 0 Å². The lowest BCUT2D eigenvalue weighted by Gasteiger charge is -2.17. The number of aromatic amines is 1. The molecule has 23 heavy (non-hydrogen) atoms. The van der Waals surface area contributed by atoms with Gasteiger partial charge in [-0.25, -0.2) is 0 Å². The number of fused-ring (bicyclic) bond motifs is 1. The first-order valence-corrected chi connectivity index (χ1v) is 7.92. The third kappa shape index (κ3) is 3.10. The number of hydrogen-bond donors (Lipinski definition) is 1. The summed E-state index contributed by atoms with van der Waals surface area (Å²) in [6.07, 6.45) is 0. The molecule has 0 saturated carbocycles. The Morgan fingerprint density at radius 1 is 1.13 bits per heavy atom. The molecular formula is C19H19ClN2O. The van der Waals surface area contributed by atoms with E-state index in [2.05, 4.69) is 11.9 Å². The number of H-pyrrole nitrogens is 1. The van der Waals surface area contributed by atoms with Gasteiger partial charge in [-0.15, -0.1) is 0 Å². The Kier molecular flexibility index (Phi) is 4.14. The van der Waals surface area contributed by atoms with E-state index in [1.54, 1.807) is 4.90 Å². The van der Waals surface area contributed by atoms with Crippen molar-refractivity contribution in [1.82, 2.24) is 9.88 Å². The Hall–Kier alpha value is -2.26. The predicted octanol–water partition coefficient (Wildman–Crippen LogP) is 4.71. The molecule has 0 radical (unpaired) electrons. The SMILES string of the molecule is Cc1[nH]c2ccc(C(=O)N(C)Cc3ccc(Cl)cc3)cc2c1C. The Morgan fingerprint density at radius 3 is 2.52 bits per heavy atom. The van der Waals surface area contributed by atoms with Crippen molar-refractivity contribution >= 4 is 28.4 Å². The summed E-state index contributed by atoms with van der Waals surface area (Å²) in [4.78, 5) is 17.7. The fraction of sp³-hybridized carbons (Fsp3) is 0.211. The number of hydrogen-bond acceptors (Lipinski definition) is 1. The van der Waals surface area contributed by atoms with Gasteiger partial charge in [0.25, 0.3) is 5.91 Å². The molecule has 1 N–H and O–H groups in total. The minimum absolute atomic E-state index is 0.0140. The van der Waals surface area contributed by atoms with Gasteiger partial charge in [-0.05, 0) is 55.3 Å². The average molecular weight is 327 g/mol. The van der Waals surface area contributed by atoms with Crippen molar-refractivity contribution in [3.05, 3.63) is 69.9 Å². The first-order valence-electron chi connectivity index (χ1n) is 7.54. The van der Waals surface area contributed by atoms with Crippen LogP contribution in [0.1, 0.15) is 27.2 Å². The van der Waals surface area contributed by atoms with E-state index in [0.29, 0.717) is 17.1 Å². The van der Waals surface area contributed by atoms with Crippen molar-refractivity contribution in [3.63, 3.8) is 0 Å². The van der Waals surface area contributed by atoms with E-state index in [4.69, 9.17) is 11.6 Å². The molecule has 0 bridgehead atoms. The second-order valence-electron chi connectivity index (χ2n) is 5.92. The summed E-state index contributed by atoms with van der Waals surface area (Å²) >= 11 is 5.90. The number of nitrogens with zero attached hydrogens (tertiary/aromatic N) is 1. The molecule has 118 valence electrons. The maximum atomic E-state index is 12.7. The molecule has 1 heterocycles. The molecule has 0 aliphatic carbocycles. The molecule has 1 aromatic heterocycles. The van der Waals surface area contributed by atoms with E-state index >= 15 is 0 Å². The van der Waals surface area contributed by atoms with Crippen LogP contribution in [0.15, 0.2) is 42.5 Å². The summed E-state index contributed by atoms with van der Waals surface area (Å²) < 4.78 is 0. The molecule has 0 atom stereocenters. The summed E-state index contributed by atoms with van der Waals surface area (Å²) in [6.45, 7) is 4.67. The maximum absolute atomic E-state index is 12.7. The number of benzene rings is 2. The second kappa shape index (κ2) is 6.09. The number of carbonyl (C=O) groups is 1. The van der Waals surface area contributed by atoms with Crippen LogP contribution in [0.2, 0.25) is 5.02 Å². The van der Waals surface area contributed by atoms with Gasteiger partial charge in [-0.2, -0.15) is 0 Å². The summed E-state index contributed by atoms with van der Waals surface area (Å²) in [7, 11) is 1.82. The van der Waals surface area contributed by atoms with Crippen LogP contribution in [-0.2, 0) is 6.54 Å². The Bertz CT molecular complexity index is 865. The van der Waals surface area contributed by atoms with Crippen LogP contribution in [0.5, 0.6) is 0 Å². The molecule has 0 aliphatic rings. The smallest absolute Gasteiger partial charge is 0.253 e. The van der Waals surface area contributed by atoms with Crippen LogP contribution in [0.3, 0.4) is 0 Å². The molecule has 2 aromatic carbocycles. The van der Waals surface area contributed by atoms with Gasteiger partial charge in [0, 0.05) is 40.8 Å². The van der Waals surface area contributed by atoms with Gasteiger partial charge in [0.05, 0.1) is 0 Å². The molecule has 4 heteroatoms. The van der Waals surface area contributed by atoms with Crippen LogP contribution >= 0.6 is 11.6 Å². The van der Waals surface area contributed by atoms with Crippen molar-refractivity contribution in [2.75, 3.05) is 7.05 Å². The minimum atomic E-state index is 0.0140. The van der Waals surface area contributed by atoms with Crippen LogP contribution < -0.4 is 0 Å². The number of aromatic nitrogens is 1. The van der Waals surface area contributed by atoms with E-state index in [0.717, 1.165) is 22.2 Å². The molecule has 0 fully saturated rings. The van der Waals surface area contributed by atoms with Crippen molar-refractivity contribution in [3.8, 4) is 0 Å². The minimum Gasteiger partial charge on any atom is -0.358 e. The number of halogens is 1. The lowest BCUT2D eigenvalue weighted by molar-refractivity contribution is 0.0785. The lowest BCUT2D eigenvalue weighted by atomic mass is 10.1. The van der Waals surface area contributed by atoms with Gasteiger partial charge in [-0.1, -0.05) is 23.7 Å². The van der Waals surface area contributed by atoms with Gasteiger partial charge in [0.15, 0.2) is 0 Å². The van der Waals surface area contributed by atoms with Crippen LogP contribution in [0.4, 0.5) is 0 Å². The molecular weight excluding hydrogens is 308 g/mol.